The normalized spacial score (nSPS) is 10.9. The molecule has 0 bridgehead atoms. The number of hydrogen-bond donors (Lipinski definition) is 1. The zero-order valence-electron chi connectivity index (χ0n) is 10.1. The number of aromatic hydroxyl groups is 1. The van der Waals surface area contributed by atoms with Gasteiger partial charge >= 0.3 is 119 Å². The first-order valence-electron chi connectivity index (χ1n) is 5.49. The van der Waals surface area contributed by atoms with Crippen LogP contribution in [0.2, 0.25) is 0 Å². The molecule has 0 saturated carbocycles. The Hall–Kier alpha value is -1.24. The number of hydrogen-bond acceptors (Lipinski definition) is 1. The molecule has 0 spiro atoms. The van der Waals surface area contributed by atoms with Crippen LogP contribution in [0, 0.1) is 27.9 Å². The number of rotatable bonds is 3. The summed E-state index contributed by atoms with van der Waals surface area (Å²) in [6, 6.07) is 6.63. The van der Waals surface area contributed by atoms with E-state index in [0.717, 1.165) is 15.7 Å². The molecule has 0 fully saturated rings. The van der Waals surface area contributed by atoms with E-state index in [1.54, 1.807) is 19.1 Å². The van der Waals surface area contributed by atoms with Gasteiger partial charge < -0.3 is 0 Å². The fraction of sp³-hybridized carbons (Fsp3) is 0.143. The van der Waals surface area contributed by atoms with Crippen molar-refractivity contribution in [3.63, 3.8) is 0 Å². The Kier molecular flexibility index (Phi) is 4.34. The van der Waals surface area contributed by atoms with Crippen LogP contribution in [0.4, 0.5) is 13.2 Å². The Labute approximate surface area is 119 Å². The Morgan fingerprint density at radius 2 is 1.63 bits per heavy atom. The number of halogens is 4. The van der Waals surface area contributed by atoms with Gasteiger partial charge in [-0.05, 0) is 0 Å². The summed E-state index contributed by atoms with van der Waals surface area (Å²) in [7, 11) is 0. The summed E-state index contributed by atoms with van der Waals surface area (Å²) in [4.78, 5) is 0. The second-order valence-electron chi connectivity index (χ2n) is 4.05. The van der Waals surface area contributed by atoms with Crippen molar-refractivity contribution in [1.82, 2.24) is 0 Å². The van der Waals surface area contributed by atoms with Gasteiger partial charge in [0.25, 0.3) is 0 Å². The third-order valence-corrected chi connectivity index (χ3v) is 5.31. The summed E-state index contributed by atoms with van der Waals surface area (Å²) in [5.41, 5.74) is 0.501. The van der Waals surface area contributed by atoms with Crippen molar-refractivity contribution >= 4 is 0 Å². The fourth-order valence-electron chi connectivity index (χ4n) is 1.51. The molecule has 2 aromatic rings. The molecule has 0 atom stereocenters. The zero-order chi connectivity index (χ0) is 14.0. The minimum atomic E-state index is -0.759. The summed E-state index contributed by atoms with van der Waals surface area (Å²) >= 11 is -0.727. The molecule has 0 aromatic heterocycles. The van der Waals surface area contributed by atoms with Gasteiger partial charge in [-0.15, -0.1) is 0 Å². The van der Waals surface area contributed by atoms with Crippen molar-refractivity contribution < 1.29 is 39.5 Å². The Morgan fingerprint density at radius 3 is 2.21 bits per heavy atom. The molecule has 0 unspecified atom stereocenters. The average Bonchev–Trinajstić information content (AvgIpc) is 2.32. The van der Waals surface area contributed by atoms with Gasteiger partial charge in [0.15, 0.2) is 0 Å². The zero-order valence-corrected chi connectivity index (χ0v) is 12.2. The van der Waals surface area contributed by atoms with Crippen LogP contribution in [-0.2, 0) is 4.43 Å². The molecule has 102 valence electrons. The third kappa shape index (κ3) is 3.40. The van der Waals surface area contributed by atoms with Gasteiger partial charge in [-0.2, -0.15) is 0 Å². The van der Waals surface area contributed by atoms with E-state index in [2.05, 4.69) is 0 Å². The maximum atomic E-state index is 13.5. The van der Waals surface area contributed by atoms with E-state index < -0.39 is 38.6 Å². The third-order valence-electron chi connectivity index (χ3n) is 2.61. The van der Waals surface area contributed by atoms with Crippen LogP contribution in [0.1, 0.15) is 11.1 Å². The summed E-state index contributed by atoms with van der Waals surface area (Å²) < 4.78 is 41.4. The van der Waals surface area contributed by atoms with Gasteiger partial charge in [-0.25, -0.2) is 0 Å². The van der Waals surface area contributed by atoms with Crippen LogP contribution in [0.5, 0.6) is 5.75 Å². The van der Waals surface area contributed by atoms with Gasteiger partial charge in [0.2, 0.25) is 0 Å². The van der Waals surface area contributed by atoms with Gasteiger partial charge in [0.1, 0.15) is 0 Å². The van der Waals surface area contributed by atoms with Gasteiger partial charge in [-0.1, -0.05) is 0 Å². The molecule has 19 heavy (non-hydrogen) atoms. The fourth-order valence-corrected chi connectivity index (χ4v) is 3.99. The summed E-state index contributed by atoms with van der Waals surface area (Å²) in [6.45, 7) is 1.66. The second-order valence-corrected chi connectivity index (χ2v) is 6.82. The SMILES string of the molecule is Cc1ccc([I-]Cc2c(F)cc(O)cc2F)cc1F. The molecule has 0 aliphatic carbocycles. The van der Waals surface area contributed by atoms with Crippen molar-refractivity contribution in [2.24, 2.45) is 0 Å². The Balaban J connectivity index is 2.16. The summed E-state index contributed by atoms with van der Waals surface area (Å²) in [5.74, 6) is -2.25. The predicted molar refractivity (Wildman–Crippen MR) is 61.6 cm³/mol. The summed E-state index contributed by atoms with van der Waals surface area (Å²) in [5, 5.41) is 9.05. The number of phenolic OH excluding ortho intramolecular Hbond substituents is 1. The molecule has 0 aliphatic rings. The van der Waals surface area contributed by atoms with E-state index >= 15 is 0 Å². The van der Waals surface area contributed by atoms with Crippen LogP contribution < -0.4 is 21.2 Å². The first-order chi connectivity index (χ1) is 8.97. The van der Waals surface area contributed by atoms with Crippen LogP contribution in [0.3, 0.4) is 0 Å². The van der Waals surface area contributed by atoms with E-state index in [0.29, 0.717) is 5.56 Å². The topological polar surface area (TPSA) is 20.2 Å². The molecule has 1 N–H and O–H groups in total. The van der Waals surface area contributed by atoms with Crippen LogP contribution >= 0.6 is 0 Å². The van der Waals surface area contributed by atoms with Crippen molar-refractivity contribution in [2.75, 3.05) is 0 Å². The quantitative estimate of drug-likeness (QED) is 0.611. The predicted octanol–water partition coefficient (Wildman–Crippen LogP) is 0.577. The monoisotopic (exact) mass is 379 g/mol. The molecular weight excluding hydrogens is 368 g/mol. The van der Waals surface area contributed by atoms with Crippen molar-refractivity contribution in [3.8, 4) is 5.75 Å². The van der Waals surface area contributed by atoms with E-state index in [4.69, 9.17) is 5.11 Å². The van der Waals surface area contributed by atoms with Crippen molar-refractivity contribution in [2.45, 2.75) is 11.4 Å². The van der Waals surface area contributed by atoms with Crippen molar-refractivity contribution in [3.05, 3.63) is 62.5 Å². The first kappa shape index (κ1) is 14.2. The molecule has 2 aromatic carbocycles. The average molecular weight is 379 g/mol. The second kappa shape index (κ2) is 5.81. The van der Waals surface area contributed by atoms with E-state index in [1.165, 1.54) is 6.07 Å². The molecule has 0 amide bonds. The molecule has 1 nitrogen and oxygen atoms in total. The van der Waals surface area contributed by atoms with Crippen molar-refractivity contribution in [1.29, 1.82) is 0 Å². The molecular formula is C14H11F3IO-. The van der Waals surface area contributed by atoms with E-state index in [-0.39, 0.29) is 15.8 Å². The summed E-state index contributed by atoms with van der Waals surface area (Å²) in [6.07, 6.45) is 0. The van der Waals surface area contributed by atoms with Gasteiger partial charge in [-0.3, -0.25) is 0 Å². The van der Waals surface area contributed by atoms with Crippen LogP contribution in [0.15, 0.2) is 30.3 Å². The van der Waals surface area contributed by atoms with E-state index in [9.17, 15) is 13.2 Å². The van der Waals surface area contributed by atoms with Crippen LogP contribution in [-0.4, -0.2) is 5.11 Å². The molecule has 0 saturated heterocycles. The number of phenols is 1. The number of alkyl halides is 1. The molecule has 5 heteroatoms. The molecule has 0 heterocycles. The van der Waals surface area contributed by atoms with Gasteiger partial charge in [0, 0.05) is 0 Å². The number of benzene rings is 2. The van der Waals surface area contributed by atoms with Crippen LogP contribution in [0.25, 0.3) is 0 Å². The molecule has 0 radical (unpaired) electrons. The standard InChI is InChI=1S/C14H11F3IO/c1-8-2-3-9(4-12(8)15)18-7-11-13(16)5-10(19)6-14(11)17/h2-6,19H,7H2,1H3/q-1. The molecule has 2 rings (SSSR count). The van der Waals surface area contributed by atoms with Gasteiger partial charge in [0.05, 0.1) is 0 Å². The minimum absolute atomic E-state index is 0.0495. The number of aryl methyl sites for hydroxylation is 1. The first-order valence-corrected chi connectivity index (χ1v) is 8.10. The maximum absolute atomic E-state index is 13.5. The Bertz CT molecular complexity index is 591. The molecule has 0 aliphatic heterocycles. The van der Waals surface area contributed by atoms with E-state index in [1.807, 2.05) is 0 Å². The Morgan fingerprint density at radius 1 is 1.00 bits per heavy atom.